The summed E-state index contributed by atoms with van der Waals surface area (Å²) in [7, 11) is 0. The number of hydrogen-bond acceptors (Lipinski definition) is 4. The molecule has 4 rings (SSSR count). The van der Waals surface area contributed by atoms with Gasteiger partial charge >= 0.3 is 5.97 Å². The van der Waals surface area contributed by atoms with Crippen molar-refractivity contribution in [3.05, 3.63) is 101 Å². The number of carbonyl (C=O) groups is 1. The third-order valence-electron chi connectivity index (χ3n) is 5.19. The summed E-state index contributed by atoms with van der Waals surface area (Å²) >= 11 is 18.0. The molecule has 2 heterocycles. The predicted octanol–water partition coefficient (Wildman–Crippen LogP) is 5.39. The van der Waals surface area contributed by atoms with Crippen molar-refractivity contribution in [2.45, 2.75) is 27.7 Å². The van der Waals surface area contributed by atoms with E-state index in [1.54, 1.807) is 11.6 Å². The number of nitrogens with one attached hydrogen (secondary N) is 2. The van der Waals surface area contributed by atoms with Gasteiger partial charge in [-0.3, -0.25) is 19.8 Å². The van der Waals surface area contributed by atoms with Crippen LogP contribution in [0.2, 0.25) is 15.1 Å². The topological polar surface area (TPSA) is 102 Å². The fourth-order valence-electron chi connectivity index (χ4n) is 3.22. The lowest BCUT2D eigenvalue weighted by Gasteiger charge is -2.08. The van der Waals surface area contributed by atoms with Crippen molar-refractivity contribution in [2.24, 2.45) is 0 Å². The summed E-state index contributed by atoms with van der Waals surface area (Å²) in [6.07, 6.45) is 0. The normalized spacial score (nSPS) is 10.6. The van der Waals surface area contributed by atoms with Gasteiger partial charge in [0, 0.05) is 21.8 Å². The Morgan fingerprint density at radius 2 is 1.46 bits per heavy atom. The van der Waals surface area contributed by atoms with Gasteiger partial charge in [-0.2, -0.15) is 0 Å². The quantitative estimate of drug-likeness (QED) is 0.341. The summed E-state index contributed by atoms with van der Waals surface area (Å²) < 4.78 is 7.54. The summed E-state index contributed by atoms with van der Waals surface area (Å²) in [4.78, 5) is 35.8. The van der Waals surface area contributed by atoms with Gasteiger partial charge in [-0.05, 0) is 52.0 Å². The molecule has 0 aliphatic rings. The van der Waals surface area contributed by atoms with E-state index in [-0.39, 0.29) is 39.2 Å². The van der Waals surface area contributed by atoms with Crippen LogP contribution in [0.3, 0.4) is 0 Å². The number of aryl methyl sites for hydroxylation is 1. The lowest BCUT2D eigenvalue weighted by Crippen LogP contribution is -2.16. The minimum atomic E-state index is -0.618. The van der Waals surface area contributed by atoms with Crippen molar-refractivity contribution < 1.29 is 9.53 Å². The first-order chi connectivity index (χ1) is 16.6. The molecule has 0 saturated heterocycles. The summed E-state index contributed by atoms with van der Waals surface area (Å²) in [5, 5.41) is 6.42. The van der Waals surface area contributed by atoms with Crippen molar-refractivity contribution in [3.8, 4) is 11.4 Å². The van der Waals surface area contributed by atoms with Crippen LogP contribution in [-0.4, -0.2) is 32.1 Å². The van der Waals surface area contributed by atoms with Crippen molar-refractivity contribution in [3.63, 3.8) is 0 Å². The molecule has 184 valence electrons. The van der Waals surface area contributed by atoms with Crippen LogP contribution in [0.15, 0.2) is 52.1 Å². The van der Waals surface area contributed by atoms with Crippen LogP contribution < -0.4 is 11.1 Å². The molecule has 35 heavy (non-hydrogen) atoms. The molecule has 4 aromatic rings. The SMILES string of the molecule is CCOC(=O)c1[nH]n(-c2c(Cl)cc(Cl)cc2Cl)c(=O)c1C.Cc1[nH]n(-c2ccccc2)c(=O)c1C. The van der Waals surface area contributed by atoms with E-state index < -0.39 is 11.5 Å². The molecular weight excluding hydrogens is 515 g/mol. The molecule has 0 bridgehead atoms. The fraction of sp³-hybridized carbons (Fsp3) is 0.208. The van der Waals surface area contributed by atoms with Gasteiger partial charge in [0.05, 0.1) is 22.3 Å². The Balaban J connectivity index is 0.000000211. The van der Waals surface area contributed by atoms with Crippen molar-refractivity contribution in [2.75, 3.05) is 6.61 Å². The molecule has 0 unspecified atom stereocenters. The third kappa shape index (κ3) is 5.56. The molecule has 0 spiro atoms. The number of nitrogens with zero attached hydrogens (tertiary/aromatic N) is 2. The van der Waals surface area contributed by atoms with E-state index in [1.807, 2.05) is 44.2 Å². The second kappa shape index (κ2) is 11.0. The molecule has 2 aromatic carbocycles. The summed E-state index contributed by atoms with van der Waals surface area (Å²) in [6, 6.07) is 12.5. The Morgan fingerprint density at radius 1 is 0.886 bits per heavy atom. The molecule has 0 saturated carbocycles. The second-order valence-electron chi connectivity index (χ2n) is 7.53. The maximum absolute atomic E-state index is 12.3. The van der Waals surface area contributed by atoms with E-state index in [4.69, 9.17) is 39.5 Å². The standard InChI is InChI=1S/C13H11Cl3N2O3.C11H12N2O/c1-3-21-13(20)10-6(2)12(19)18(17-10)11-8(15)4-7(14)5-9(11)16;1-8-9(2)12-13(11(8)14)10-6-4-3-5-7-10/h4-5,17H,3H2,1-2H3;3-7,12H,1-2H3. The lowest BCUT2D eigenvalue weighted by molar-refractivity contribution is 0.0518. The van der Waals surface area contributed by atoms with E-state index >= 15 is 0 Å². The molecule has 0 aliphatic carbocycles. The Labute approximate surface area is 216 Å². The van der Waals surface area contributed by atoms with E-state index in [9.17, 15) is 14.4 Å². The average molecular weight is 538 g/mol. The number of benzene rings is 2. The van der Waals surface area contributed by atoms with Crippen molar-refractivity contribution in [1.29, 1.82) is 0 Å². The second-order valence-corrected chi connectivity index (χ2v) is 8.78. The van der Waals surface area contributed by atoms with E-state index in [0.29, 0.717) is 5.02 Å². The molecule has 2 aromatic heterocycles. The number of H-pyrrole nitrogens is 2. The highest BCUT2D eigenvalue weighted by Crippen LogP contribution is 2.31. The first-order valence-electron chi connectivity index (χ1n) is 10.5. The van der Waals surface area contributed by atoms with Gasteiger partial charge < -0.3 is 4.74 Å². The number of hydrogen-bond donors (Lipinski definition) is 2. The highest BCUT2D eigenvalue weighted by Gasteiger charge is 2.21. The highest BCUT2D eigenvalue weighted by atomic mass is 35.5. The minimum Gasteiger partial charge on any atom is -0.461 e. The summed E-state index contributed by atoms with van der Waals surface area (Å²) in [6.45, 7) is 7.12. The first kappa shape index (κ1) is 26.4. The minimum absolute atomic E-state index is 0.0219. The predicted molar refractivity (Wildman–Crippen MR) is 138 cm³/mol. The molecule has 0 radical (unpaired) electrons. The molecule has 0 atom stereocenters. The van der Waals surface area contributed by atoms with Gasteiger partial charge in [0.2, 0.25) is 0 Å². The van der Waals surface area contributed by atoms with Gasteiger partial charge in [0.15, 0.2) is 0 Å². The van der Waals surface area contributed by atoms with Gasteiger partial charge in [-0.1, -0.05) is 53.0 Å². The summed E-state index contributed by atoms with van der Waals surface area (Å²) in [5.41, 5.74) is 2.64. The van der Waals surface area contributed by atoms with E-state index in [0.717, 1.165) is 21.6 Å². The zero-order valence-corrected chi connectivity index (χ0v) is 21.7. The molecular formula is C24H23Cl3N4O4. The average Bonchev–Trinajstić information content (AvgIpc) is 3.25. The first-order valence-corrected chi connectivity index (χ1v) is 11.7. The van der Waals surface area contributed by atoms with Gasteiger partial charge in [-0.25, -0.2) is 14.2 Å². The number of esters is 1. The molecule has 11 heteroatoms. The number of aromatic nitrogens is 4. The van der Waals surface area contributed by atoms with Crippen LogP contribution >= 0.6 is 34.8 Å². The van der Waals surface area contributed by atoms with Gasteiger partial charge in [0.1, 0.15) is 11.4 Å². The smallest absolute Gasteiger partial charge is 0.356 e. The van der Waals surface area contributed by atoms with Crippen LogP contribution in [0.25, 0.3) is 11.4 Å². The van der Waals surface area contributed by atoms with E-state index in [1.165, 1.54) is 19.1 Å². The molecule has 8 nitrogen and oxygen atoms in total. The molecule has 0 aliphatic heterocycles. The van der Waals surface area contributed by atoms with Gasteiger partial charge in [0.25, 0.3) is 11.1 Å². The fourth-order valence-corrected chi connectivity index (χ4v) is 4.20. The molecule has 0 amide bonds. The van der Waals surface area contributed by atoms with Crippen LogP contribution in [0.1, 0.15) is 34.2 Å². The molecule has 0 fully saturated rings. The number of ether oxygens (including phenoxy) is 1. The zero-order chi connectivity index (χ0) is 25.9. The van der Waals surface area contributed by atoms with Gasteiger partial charge in [-0.15, -0.1) is 0 Å². The molecule has 2 N–H and O–H groups in total. The Bertz CT molecular complexity index is 1460. The number of carbonyl (C=O) groups excluding carboxylic acids is 1. The van der Waals surface area contributed by atoms with E-state index in [2.05, 4.69) is 10.2 Å². The third-order valence-corrected chi connectivity index (χ3v) is 5.98. The van der Waals surface area contributed by atoms with Crippen LogP contribution in [0.5, 0.6) is 0 Å². The largest absolute Gasteiger partial charge is 0.461 e. The van der Waals surface area contributed by atoms with Crippen LogP contribution in [0, 0.1) is 20.8 Å². The Morgan fingerprint density at radius 3 is 1.97 bits per heavy atom. The van der Waals surface area contributed by atoms with Crippen molar-refractivity contribution in [1.82, 2.24) is 19.6 Å². The Hall–Kier alpha value is -3.20. The number of aromatic amines is 2. The number of rotatable bonds is 4. The van der Waals surface area contributed by atoms with Crippen molar-refractivity contribution >= 4 is 40.8 Å². The maximum Gasteiger partial charge on any atom is 0.356 e. The van der Waals surface area contributed by atoms with Crippen LogP contribution in [0.4, 0.5) is 0 Å². The highest BCUT2D eigenvalue weighted by molar-refractivity contribution is 6.40. The monoisotopic (exact) mass is 536 g/mol. The Kier molecular flexibility index (Phi) is 8.32. The lowest BCUT2D eigenvalue weighted by atomic mass is 10.3. The summed E-state index contributed by atoms with van der Waals surface area (Å²) in [5.74, 6) is -0.618. The van der Waals surface area contributed by atoms with Crippen LogP contribution in [-0.2, 0) is 4.74 Å². The number of para-hydroxylation sites is 1. The number of halogens is 3. The zero-order valence-electron chi connectivity index (χ0n) is 19.4. The maximum atomic E-state index is 12.3.